The zero-order valence-electron chi connectivity index (χ0n) is 21.7. The predicted octanol–water partition coefficient (Wildman–Crippen LogP) is 7.20. The number of nitrogens with zero attached hydrogens (tertiary/aromatic N) is 1. The smallest absolute Gasteiger partial charge is 0.416 e. The lowest BCUT2D eigenvalue weighted by Gasteiger charge is -2.21. The molecule has 0 aliphatic heterocycles. The normalized spacial score (nSPS) is 13.5. The minimum atomic E-state index is -4.69. The second kappa shape index (κ2) is 10.9. The summed E-state index contributed by atoms with van der Waals surface area (Å²) in [5, 5.41) is 4.67. The molecule has 0 unspecified atom stereocenters. The summed E-state index contributed by atoms with van der Waals surface area (Å²) in [6, 6.07) is 13.1. The van der Waals surface area contributed by atoms with Crippen molar-refractivity contribution in [1.29, 1.82) is 0 Å². The molecule has 39 heavy (non-hydrogen) atoms. The number of halogens is 3. The maximum absolute atomic E-state index is 13.3. The van der Waals surface area contributed by atoms with Crippen LogP contribution in [0.2, 0.25) is 0 Å². The van der Waals surface area contributed by atoms with Crippen molar-refractivity contribution in [1.82, 2.24) is 4.98 Å². The molecule has 1 heterocycles. The molecular formula is C29H28F3N3O4. The van der Waals surface area contributed by atoms with Gasteiger partial charge in [0.2, 0.25) is 5.91 Å². The first-order valence-corrected chi connectivity index (χ1v) is 12.4. The number of hydrogen-bond acceptors (Lipinski definition) is 5. The minimum Gasteiger partial charge on any atom is -0.444 e. The van der Waals surface area contributed by atoms with E-state index in [9.17, 15) is 27.6 Å². The maximum Gasteiger partial charge on any atom is 0.416 e. The van der Waals surface area contributed by atoms with Crippen LogP contribution in [0.4, 0.5) is 29.3 Å². The summed E-state index contributed by atoms with van der Waals surface area (Å²) in [6.07, 6.45) is -2.28. The van der Waals surface area contributed by atoms with Gasteiger partial charge in [0.25, 0.3) is 0 Å². The van der Waals surface area contributed by atoms with Crippen molar-refractivity contribution >= 4 is 29.2 Å². The molecule has 4 rings (SSSR count). The number of carbonyl (C=O) groups excluding carboxylic acids is 3. The molecule has 2 N–H and O–H groups in total. The number of Topliss-reactive ketones (excluding diaryl/α,β-unsaturated/α-hetero) is 1. The molecule has 3 aromatic rings. The van der Waals surface area contributed by atoms with Gasteiger partial charge in [0.05, 0.1) is 23.4 Å². The van der Waals surface area contributed by atoms with Gasteiger partial charge in [-0.2, -0.15) is 13.2 Å². The molecule has 0 saturated heterocycles. The molecule has 1 aliphatic carbocycles. The van der Waals surface area contributed by atoms with Gasteiger partial charge in [0.1, 0.15) is 5.60 Å². The molecule has 0 bridgehead atoms. The van der Waals surface area contributed by atoms with Crippen molar-refractivity contribution in [2.75, 3.05) is 10.6 Å². The SMILES string of the molecule is CC(C)(C)OC(=O)Nc1ccc(C(F)(F)F)cc1NC(=O)CC(=O)c1cccc(-c2ccnc(C3CC3)c2)c1. The van der Waals surface area contributed by atoms with Gasteiger partial charge >= 0.3 is 12.3 Å². The van der Waals surface area contributed by atoms with Crippen LogP contribution in [0.3, 0.4) is 0 Å². The van der Waals surface area contributed by atoms with Gasteiger partial charge in [0.15, 0.2) is 5.78 Å². The van der Waals surface area contributed by atoms with Gasteiger partial charge in [-0.15, -0.1) is 0 Å². The molecule has 7 nitrogen and oxygen atoms in total. The van der Waals surface area contributed by atoms with E-state index >= 15 is 0 Å². The summed E-state index contributed by atoms with van der Waals surface area (Å²) < 4.78 is 45.1. The van der Waals surface area contributed by atoms with Crippen LogP contribution in [0.5, 0.6) is 0 Å². The fourth-order valence-corrected chi connectivity index (χ4v) is 3.89. The molecule has 2 amide bonds. The fourth-order valence-electron chi connectivity index (χ4n) is 3.89. The first kappa shape index (κ1) is 27.8. The first-order valence-electron chi connectivity index (χ1n) is 12.4. The Hall–Kier alpha value is -4.21. The van der Waals surface area contributed by atoms with E-state index in [1.807, 2.05) is 18.2 Å². The van der Waals surface area contributed by atoms with Crippen LogP contribution in [0.1, 0.15) is 67.6 Å². The maximum atomic E-state index is 13.3. The number of hydrogen-bond donors (Lipinski definition) is 2. The molecule has 204 valence electrons. The second-order valence-corrected chi connectivity index (χ2v) is 10.4. The average molecular weight is 540 g/mol. The Morgan fingerprint density at radius 3 is 2.31 bits per heavy atom. The number of benzene rings is 2. The third kappa shape index (κ3) is 7.66. The number of rotatable bonds is 7. The summed E-state index contributed by atoms with van der Waals surface area (Å²) in [4.78, 5) is 42.3. The zero-order chi connectivity index (χ0) is 28.4. The number of ether oxygens (including phenoxy) is 1. The van der Waals surface area contributed by atoms with Crippen LogP contribution < -0.4 is 10.6 Å². The summed E-state index contributed by atoms with van der Waals surface area (Å²) in [6.45, 7) is 4.88. The number of amides is 2. The van der Waals surface area contributed by atoms with Crippen molar-refractivity contribution < 1.29 is 32.3 Å². The lowest BCUT2D eigenvalue weighted by atomic mass is 10.00. The number of nitrogens with one attached hydrogen (secondary N) is 2. The lowest BCUT2D eigenvalue weighted by molar-refractivity contribution is -0.137. The van der Waals surface area contributed by atoms with Crippen molar-refractivity contribution in [2.45, 2.75) is 57.7 Å². The number of pyridine rings is 1. The molecule has 0 atom stereocenters. The van der Waals surface area contributed by atoms with Gasteiger partial charge in [-0.05, 0) is 81.1 Å². The van der Waals surface area contributed by atoms with Crippen LogP contribution >= 0.6 is 0 Å². The third-order valence-electron chi connectivity index (χ3n) is 5.87. The Balaban J connectivity index is 1.50. The summed E-state index contributed by atoms with van der Waals surface area (Å²) in [7, 11) is 0. The monoisotopic (exact) mass is 539 g/mol. The molecule has 1 fully saturated rings. The highest BCUT2D eigenvalue weighted by Gasteiger charge is 2.32. The van der Waals surface area contributed by atoms with E-state index in [1.165, 1.54) is 0 Å². The van der Waals surface area contributed by atoms with Crippen LogP contribution in [0.15, 0.2) is 60.8 Å². The number of carbonyl (C=O) groups is 3. The first-order chi connectivity index (χ1) is 18.3. The Labute approximate surface area is 223 Å². The largest absolute Gasteiger partial charge is 0.444 e. The topological polar surface area (TPSA) is 97.4 Å². The molecule has 10 heteroatoms. The van der Waals surface area contributed by atoms with Gasteiger partial charge in [0, 0.05) is 23.4 Å². The molecule has 0 spiro atoms. The van der Waals surface area contributed by atoms with E-state index in [2.05, 4.69) is 15.6 Å². The van der Waals surface area contributed by atoms with Gasteiger partial charge in [-0.1, -0.05) is 18.2 Å². The zero-order valence-corrected chi connectivity index (χ0v) is 21.7. The number of aromatic nitrogens is 1. The summed E-state index contributed by atoms with van der Waals surface area (Å²) in [5.74, 6) is -0.889. The molecule has 2 aromatic carbocycles. The molecule has 1 saturated carbocycles. The number of alkyl halides is 3. The van der Waals surface area contributed by atoms with E-state index in [4.69, 9.17) is 4.74 Å². The predicted molar refractivity (Wildman–Crippen MR) is 141 cm³/mol. The summed E-state index contributed by atoms with van der Waals surface area (Å²) >= 11 is 0. The molecular weight excluding hydrogens is 511 g/mol. The third-order valence-corrected chi connectivity index (χ3v) is 5.87. The average Bonchev–Trinajstić information content (AvgIpc) is 3.69. The van der Waals surface area contributed by atoms with Crippen LogP contribution in [-0.2, 0) is 15.7 Å². The quantitative estimate of drug-likeness (QED) is 0.244. The number of anilines is 2. The van der Waals surface area contributed by atoms with Crippen LogP contribution in [0, 0.1) is 0 Å². The van der Waals surface area contributed by atoms with Crippen molar-refractivity contribution in [3.63, 3.8) is 0 Å². The van der Waals surface area contributed by atoms with Crippen molar-refractivity contribution in [3.05, 3.63) is 77.6 Å². The Kier molecular flexibility index (Phi) is 7.76. The van der Waals surface area contributed by atoms with Crippen LogP contribution in [-0.4, -0.2) is 28.4 Å². The fraction of sp³-hybridized carbons (Fsp3) is 0.310. The second-order valence-electron chi connectivity index (χ2n) is 10.4. The van der Waals surface area contributed by atoms with Crippen LogP contribution in [0.25, 0.3) is 11.1 Å². The summed E-state index contributed by atoms with van der Waals surface area (Å²) in [5.41, 5.74) is 0.658. The van der Waals surface area contributed by atoms with Crippen molar-refractivity contribution in [3.8, 4) is 11.1 Å². The van der Waals surface area contributed by atoms with E-state index < -0.39 is 41.5 Å². The highest BCUT2D eigenvalue weighted by atomic mass is 19.4. The Morgan fingerprint density at radius 2 is 1.64 bits per heavy atom. The van der Waals surface area contributed by atoms with Gasteiger partial charge < -0.3 is 10.1 Å². The van der Waals surface area contributed by atoms with Crippen molar-refractivity contribution in [2.24, 2.45) is 0 Å². The highest BCUT2D eigenvalue weighted by Crippen LogP contribution is 2.40. The van der Waals surface area contributed by atoms with E-state index in [-0.39, 0.29) is 16.9 Å². The van der Waals surface area contributed by atoms with Gasteiger partial charge in [-0.25, -0.2) is 4.79 Å². The standard InChI is InChI=1S/C29H28F3N3O4/c1-28(2,3)39-27(38)35-22-10-9-21(29(30,31)32)15-24(22)34-26(37)16-25(36)20-6-4-5-18(13-20)19-11-12-33-23(14-19)17-7-8-17/h4-6,9-15,17H,7-8,16H2,1-3H3,(H,34,37)(H,35,38). The Morgan fingerprint density at radius 1 is 0.923 bits per heavy atom. The van der Waals surface area contributed by atoms with E-state index in [0.717, 1.165) is 41.8 Å². The van der Waals surface area contributed by atoms with Gasteiger partial charge in [-0.3, -0.25) is 19.9 Å². The van der Waals surface area contributed by atoms with E-state index in [0.29, 0.717) is 12.0 Å². The minimum absolute atomic E-state index is 0.107. The molecule has 1 aromatic heterocycles. The Bertz CT molecular complexity index is 1410. The number of ketones is 1. The lowest BCUT2D eigenvalue weighted by Crippen LogP contribution is -2.28. The highest BCUT2D eigenvalue weighted by molar-refractivity contribution is 6.12. The van der Waals surface area contributed by atoms with E-state index in [1.54, 1.807) is 45.2 Å². The molecule has 1 aliphatic rings. The molecule has 0 radical (unpaired) electrons.